The number of carbonyl (C=O) groups excluding carboxylic acids is 1. The molecule has 0 aromatic carbocycles. The molecule has 0 aliphatic carbocycles. The summed E-state index contributed by atoms with van der Waals surface area (Å²) in [6.07, 6.45) is 7.33. The number of hydrogen-bond donors (Lipinski definition) is 1. The Morgan fingerprint density at radius 3 is 2.38 bits per heavy atom. The van der Waals surface area contributed by atoms with Crippen LogP contribution >= 0.6 is 0 Å². The second-order valence-corrected chi connectivity index (χ2v) is 4.50. The summed E-state index contributed by atoms with van der Waals surface area (Å²) in [7, 11) is 1.99. The van der Waals surface area contributed by atoms with E-state index in [-0.39, 0.29) is 5.91 Å². The fourth-order valence-electron chi connectivity index (χ4n) is 1.72. The van der Waals surface area contributed by atoms with Gasteiger partial charge in [-0.2, -0.15) is 0 Å². The molecule has 1 amide bonds. The fourth-order valence-corrected chi connectivity index (χ4v) is 1.72. The lowest BCUT2D eigenvalue weighted by atomic mass is 10.1. The van der Waals surface area contributed by atoms with Crippen LogP contribution in [0.1, 0.15) is 52.4 Å². The van der Waals surface area contributed by atoms with Gasteiger partial charge >= 0.3 is 0 Å². The molecule has 0 unspecified atom stereocenters. The van der Waals surface area contributed by atoms with E-state index in [0.29, 0.717) is 6.54 Å². The molecule has 0 bridgehead atoms. The largest absolute Gasteiger partial charge is 0.355 e. The number of likely N-dealkylation sites (N-methyl/N-ethyl adjacent to an activating group) is 1. The molecule has 0 aliphatic heterocycles. The van der Waals surface area contributed by atoms with Crippen molar-refractivity contribution in [3.05, 3.63) is 0 Å². The van der Waals surface area contributed by atoms with E-state index in [1.807, 2.05) is 7.05 Å². The van der Waals surface area contributed by atoms with Gasteiger partial charge in [0.2, 0.25) is 5.91 Å². The maximum Gasteiger partial charge on any atom is 0.234 e. The van der Waals surface area contributed by atoms with Gasteiger partial charge in [0.05, 0.1) is 6.54 Å². The summed E-state index contributed by atoms with van der Waals surface area (Å²) < 4.78 is 0. The van der Waals surface area contributed by atoms with E-state index < -0.39 is 0 Å². The van der Waals surface area contributed by atoms with Crippen LogP contribution in [0.4, 0.5) is 0 Å². The number of rotatable bonds is 10. The Morgan fingerprint density at radius 1 is 1.06 bits per heavy atom. The molecule has 0 aromatic rings. The van der Waals surface area contributed by atoms with E-state index in [2.05, 4.69) is 24.1 Å². The molecule has 0 rings (SSSR count). The molecule has 0 atom stereocenters. The molecule has 0 spiro atoms. The maximum absolute atomic E-state index is 11.5. The van der Waals surface area contributed by atoms with Gasteiger partial charge in [-0.05, 0) is 26.4 Å². The van der Waals surface area contributed by atoms with Gasteiger partial charge in [-0.3, -0.25) is 9.69 Å². The van der Waals surface area contributed by atoms with E-state index in [1.54, 1.807) is 0 Å². The number of hydrogen-bond acceptors (Lipinski definition) is 2. The molecule has 3 heteroatoms. The third-order valence-corrected chi connectivity index (χ3v) is 2.62. The molecule has 96 valence electrons. The lowest BCUT2D eigenvalue weighted by molar-refractivity contribution is -0.121. The molecule has 0 saturated heterocycles. The molecule has 0 fully saturated rings. The van der Waals surface area contributed by atoms with Crippen molar-refractivity contribution in [1.82, 2.24) is 10.2 Å². The van der Waals surface area contributed by atoms with Crippen LogP contribution in [0.25, 0.3) is 0 Å². The highest BCUT2D eigenvalue weighted by atomic mass is 16.1. The van der Waals surface area contributed by atoms with E-state index in [4.69, 9.17) is 0 Å². The van der Waals surface area contributed by atoms with Gasteiger partial charge in [0.1, 0.15) is 0 Å². The molecule has 16 heavy (non-hydrogen) atoms. The first-order valence-electron chi connectivity index (χ1n) is 6.66. The number of nitrogens with zero attached hydrogens (tertiary/aromatic N) is 1. The molecular weight excluding hydrogens is 200 g/mol. The minimum Gasteiger partial charge on any atom is -0.355 e. The molecule has 1 N–H and O–H groups in total. The van der Waals surface area contributed by atoms with E-state index >= 15 is 0 Å². The van der Waals surface area contributed by atoms with Gasteiger partial charge in [0, 0.05) is 6.54 Å². The van der Waals surface area contributed by atoms with Crippen LogP contribution < -0.4 is 5.32 Å². The van der Waals surface area contributed by atoms with E-state index in [9.17, 15) is 4.79 Å². The number of amides is 1. The topological polar surface area (TPSA) is 32.3 Å². The number of unbranched alkanes of at least 4 members (excludes halogenated alkanes) is 4. The van der Waals surface area contributed by atoms with Crippen molar-refractivity contribution in [1.29, 1.82) is 0 Å². The third-order valence-electron chi connectivity index (χ3n) is 2.62. The highest BCUT2D eigenvalue weighted by Gasteiger charge is 2.04. The van der Waals surface area contributed by atoms with Crippen LogP contribution in [-0.4, -0.2) is 37.5 Å². The van der Waals surface area contributed by atoms with Crippen LogP contribution in [0.15, 0.2) is 0 Å². The lowest BCUT2D eigenvalue weighted by Crippen LogP contribution is -2.35. The van der Waals surface area contributed by atoms with E-state index in [1.165, 1.54) is 25.7 Å². The summed E-state index contributed by atoms with van der Waals surface area (Å²) in [6.45, 7) is 6.70. The Balaban J connectivity index is 3.30. The first kappa shape index (κ1) is 15.4. The SMILES string of the molecule is CCCCCCCNC(=O)CN(C)CCC. The average molecular weight is 228 g/mol. The smallest absolute Gasteiger partial charge is 0.234 e. The average Bonchev–Trinajstić information content (AvgIpc) is 2.23. The molecular formula is C13H28N2O. The second-order valence-electron chi connectivity index (χ2n) is 4.50. The van der Waals surface area contributed by atoms with Gasteiger partial charge in [0.25, 0.3) is 0 Å². The Labute approximate surface area is 101 Å². The zero-order chi connectivity index (χ0) is 12.2. The van der Waals surface area contributed by atoms with Crippen molar-refractivity contribution in [2.45, 2.75) is 52.4 Å². The Kier molecular flexibility index (Phi) is 10.5. The predicted octanol–water partition coefficient (Wildman–Crippen LogP) is 2.41. The zero-order valence-electron chi connectivity index (χ0n) is 11.2. The normalized spacial score (nSPS) is 10.8. The summed E-state index contributed by atoms with van der Waals surface area (Å²) in [5.41, 5.74) is 0. The molecule has 0 aliphatic rings. The lowest BCUT2D eigenvalue weighted by Gasteiger charge is -2.14. The minimum atomic E-state index is 0.159. The quantitative estimate of drug-likeness (QED) is 0.582. The highest BCUT2D eigenvalue weighted by molar-refractivity contribution is 5.77. The first-order valence-corrected chi connectivity index (χ1v) is 6.66. The summed E-state index contributed by atoms with van der Waals surface area (Å²) in [4.78, 5) is 13.5. The van der Waals surface area contributed by atoms with Gasteiger partial charge in [0.15, 0.2) is 0 Å². The summed E-state index contributed by atoms with van der Waals surface area (Å²) in [6, 6.07) is 0. The highest BCUT2D eigenvalue weighted by Crippen LogP contribution is 2.00. The van der Waals surface area contributed by atoms with Crippen molar-refractivity contribution in [2.24, 2.45) is 0 Å². The molecule has 0 radical (unpaired) electrons. The van der Waals surface area contributed by atoms with Gasteiger partial charge in [-0.25, -0.2) is 0 Å². The maximum atomic E-state index is 11.5. The van der Waals surface area contributed by atoms with Gasteiger partial charge < -0.3 is 5.32 Å². The summed E-state index contributed by atoms with van der Waals surface area (Å²) in [5.74, 6) is 0.159. The van der Waals surface area contributed by atoms with Crippen LogP contribution in [0.3, 0.4) is 0 Å². The molecule has 3 nitrogen and oxygen atoms in total. The van der Waals surface area contributed by atoms with Crippen molar-refractivity contribution < 1.29 is 4.79 Å². The van der Waals surface area contributed by atoms with Gasteiger partial charge in [-0.15, -0.1) is 0 Å². The first-order chi connectivity index (χ1) is 7.70. The zero-order valence-corrected chi connectivity index (χ0v) is 11.2. The van der Waals surface area contributed by atoms with Crippen LogP contribution in [0, 0.1) is 0 Å². The van der Waals surface area contributed by atoms with Crippen molar-refractivity contribution in [2.75, 3.05) is 26.7 Å². The van der Waals surface area contributed by atoms with Crippen molar-refractivity contribution in [3.8, 4) is 0 Å². The summed E-state index contributed by atoms with van der Waals surface area (Å²) in [5, 5.41) is 2.97. The standard InChI is InChI=1S/C13H28N2O/c1-4-6-7-8-9-10-14-13(16)12-15(3)11-5-2/h4-12H2,1-3H3,(H,14,16). The van der Waals surface area contributed by atoms with Crippen molar-refractivity contribution in [3.63, 3.8) is 0 Å². The molecule has 0 saturated carbocycles. The Hall–Kier alpha value is -0.570. The second kappa shape index (κ2) is 10.9. The third kappa shape index (κ3) is 9.97. The molecule has 0 aromatic heterocycles. The Morgan fingerprint density at radius 2 is 1.75 bits per heavy atom. The van der Waals surface area contributed by atoms with Crippen LogP contribution in [0.5, 0.6) is 0 Å². The van der Waals surface area contributed by atoms with Crippen LogP contribution in [-0.2, 0) is 4.79 Å². The predicted molar refractivity (Wildman–Crippen MR) is 69.6 cm³/mol. The monoisotopic (exact) mass is 228 g/mol. The Bertz CT molecular complexity index is 171. The number of carbonyl (C=O) groups is 1. The minimum absolute atomic E-state index is 0.159. The molecule has 0 heterocycles. The van der Waals surface area contributed by atoms with Crippen molar-refractivity contribution >= 4 is 5.91 Å². The summed E-state index contributed by atoms with van der Waals surface area (Å²) >= 11 is 0. The fraction of sp³-hybridized carbons (Fsp3) is 0.923. The van der Waals surface area contributed by atoms with Gasteiger partial charge in [-0.1, -0.05) is 39.5 Å². The van der Waals surface area contributed by atoms with Crippen LogP contribution in [0.2, 0.25) is 0 Å². The number of nitrogens with one attached hydrogen (secondary N) is 1. The van der Waals surface area contributed by atoms with E-state index in [0.717, 1.165) is 25.9 Å².